The molecule has 39 heavy (non-hydrogen) atoms. The molecule has 1 fully saturated rings. The number of aromatic carboxylic acids is 1. The lowest BCUT2D eigenvalue weighted by Gasteiger charge is -2.36. The van der Waals surface area contributed by atoms with E-state index in [1.807, 2.05) is 48.2 Å². The normalized spacial score (nSPS) is 14.6. The first-order chi connectivity index (χ1) is 18.9. The Morgan fingerprint density at radius 3 is 2.56 bits per heavy atom. The standard InChI is InChI=1S/C29H29FN4O5/c1-2-33-16-23(29(36)37)28(35)22-14-24(30)27(15-26(22)33)34-11-9-32(10-12-34)17-25(21-8-13-38-19-21)31-39-18-20-6-4-3-5-7-20/h3-8,13-16,19H,2,9-12,17-18H2,1H3,(H,36,37)/b31-25-. The Bertz CT molecular complexity index is 1540. The summed E-state index contributed by atoms with van der Waals surface area (Å²) in [4.78, 5) is 34.0. The fourth-order valence-electron chi connectivity index (χ4n) is 4.77. The molecule has 202 valence electrons. The zero-order chi connectivity index (χ0) is 27.4. The van der Waals surface area contributed by atoms with E-state index >= 15 is 4.39 Å². The van der Waals surface area contributed by atoms with Crippen LogP contribution in [0.2, 0.25) is 0 Å². The number of fused-ring (bicyclic) bond motifs is 1. The second-order valence-electron chi connectivity index (χ2n) is 9.36. The largest absolute Gasteiger partial charge is 0.477 e. The molecule has 0 radical (unpaired) electrons. The summed E-state index contributed by atoms with van der Waals surface area (Å²) in [6, 6.07) is 14.4. The van der Waals surface area contributed by atoms with Gasteiger partial charge in [0.15, 0.2) is 0 Å². The molecule has 0 bridgehead atoms. The van der Waals surface area contributed by atoms with E-state index in [1.165, 1.54) is 6.20 Å². The lowest BCUT2D eigenvalue weighted by Crippen LogP contribution is -2.48. The maximum absolute atomic E-state index is 15.2. The summed E-state index contributed by atoms with van der Waals surface area (Å²) in [7, 11) is 0. The lowest BCUT2D eigenvalue weighted by molar-refractivity contribution is 0.0695. The molecule has 2 aromatic heterocycles. The fourth-order valence-corrected chi connectivity index (χ4v) is 4.77. The van der Waals surface area contributed by atoms with E-state index in [1.54, 1.807) is 23.2 Å². The molecule has 1 saturated heterocycles. The molecule has 9 nitrogen and oxygen atoms in total. The second-order valence-corrected chi connectivity index (χ2v) is 9.36. The number of anilines is 1. The molecule has 0 amide bonds. The number of hydrogen-bond donors (Lipinski definition) is 1. The number of nitrogens with zero attached hydrogens (tertiary/aromatic N) is 4. The number of aryl methyl sites for hydroxylation is 1. The average molecular weight is 533 g/mol. The van der Waals surface area contributed by atoms with Gasteiger partial charge in [-0.3, -0.25) is 9.69 Å². The first-order valence-electron chi connectivity index (χ1n) is 12.8. The fraction of sp³-hybridized carbons (Fsp3) is 0.276. The minimum absolute atomic E-state index is 0.0631. The van der Waals surface area contributed by atoms with Gasteiger partial charge in [-0.2, -0.15) is 0 Å². The number of carboxylic acids is 1. The van der Waals surface area contributed by atoms with Crippen LogP contribution in [-0.2, 0) is 18.0 Å². The third-order valence-electron chi connectivity index (χ3n) is 6.91. The van der Waals surface area contributed by atoms with Crippen LogP contribution in [0, 0.1) is 5.82 Å². The minimum Gasteiger partial charge on any atom is -0.477 e. The van der Waals surface area contributed by atoms with Gasteiger partial charge in [0.1, 0.15) is 23.7 Å². The van der Waals surface area contributed by atoms with Crippen LogP contribution in [0.5, 0.6) is 0 Å². The summed E-state index contributed by atoms with van der Waals surface area (Å²) in [5, 5.41) is 13.8. The maximum atomic E-state index is 15.2. The number of furan rings is 1. The van der Waals surface area contributed by atoms with E-state index in [9.17, 15) is 14.7 Å². The van der Waals surface area contributed by atoms with E-state index in [0.717, 1.165) is 22.9 Å². The van der Waals surface area contributed by atoms with Crippen molar-refractivity contribution in [2.45, 2.75) is 20.1 Å². The number of halogens is 1. The molecule has 0 spiro atoms. The topological polar surface area (TPSA) is 101 Å². The number of hydrogen-bond acceptors (Lipinski definition) is 7. The van der Waals surface area contributed by atoms with Crippen LogP contribution in [-0.4, -0.2) is 59.0 Å². The summed E-state index contributed by atoms with van der Waals surface area (Å²) in [6.07, 6.45) is 4.55. The summed E-state index contributed by atoms with van der Waals surface area (Å²) in [5.74, 6) is -1.87. The average Bonchev–Trinajstić information content (AvgIpc) is 3.49. The molecule has 0 aliphatic carbocycles. The summed E-state index contributed by atoms with van der Waals surface area (Å²) in [5.41, 5.74) is 2.45. The summed E-state index contributed by atoms with van der Waals surface area (Å²) < 4.78 is 22.2. The molecule has 1 aliphatic heterocycles. The quantitative estimate of drug-likeness (QED) is 0.255. The van der Waals surface area contributed by atoms with E-state index in [-0.39, 0.29) is 10.9 Å². The zero-order valence-corrected chi connectivity index (χ0v) is 21.5. The van der Waals surface area contributed by atoms with Gasteiger partial charge in [-0.15, -0.1) is 0 Å². The highest BCUT2D eigenvalue weighted by Crippen LogP contribution is 2.26. The van der Waals surface area contributed by atoms with Gasteiger partial charge in [0.25, 0.3) is 0 Å². The van der Waals surface area contributed by atoms with Crippen molar-refractivity contribution in [1.29, 1.82) is 0 Å². The molecule has 0 unspecified atom stereocenters. The SMILES string of the molecule is CCn1cc(C(=O)O)c(=O)c2cc(F)c(N3CCN(C/C(=N/OCc4ccccc4)c4ccoc4)CC3)cc21. The molecule has 1 N–H and O–H groups in total. The smallest absolute Gasteiger partial charge is 0.341 e. The van der Waals surface area contributed by atoms with Gasteiger partial charge in [-0.05, 0) is 30.7 Å². The highest BCUT2D eigenvalue weighted by molar-refractivity contribution is 6.01. The number of aromatic nitrogens is 1. The van der Waals surface area contributed by atoms with Gasteiger partial charge in [-0.1, -0.05) is 35.5 Å². The van der Waals surface area contributed by atoms with Crippen molar-refractivity contribution in [2.75, 3.05) is 37.6 Å². The van der Waals surface area contributed by atoms with Crippen LogP contribution in [0.3, 0.4) is 0 Å². The highest BCUT2D eigenvalue weighted by atomic mass is 19.1. The van der Waals surface area contributed by atoms with Gasteiger partial charge in [-0.25, -0.2) is 9.18 Å². The van der Waals surface area contributed by atoms with E-state index in [0.29, 0.717) is 57.1 Å². The van der Waals surface area contributed by atoms with Crippen molar-refractivity contribution < 1.29 is 23.5 Å². The van der Waals surface area contributed by atoms with Crippen molar-refractivity contribution in [3.8, 4) is 0 Å². The van der Waals surface area contributed by atoms with Gasteiger partial charge in [0.05, 0.1) is 23.7 Å². The van der Waals surface area contributed by atoms with Crippen LogP contribution >= 0.6 is 0 Å². The molecule has 2 aromatic carbocycles. The predicted molar refractivity (Wildman–Crippen MR) is 146 cm³/mol. The highest BCUT2D eigenvalue weighted by Gasteiger charge is 2.24. The molecule has 0 atom stereocenters. The number of benzene rings is 2. The van der Waals surface area contributed by atoms with Crippen LogP contribution in [0.15, 0.2) is 81.6 Å². The van der Waals surface area contributed by atoms with Crippen LogP contribution < -0.4 is 10.3 Å². The Labute approximate surface area is 224 Å². The number of piperazine rings is 1. The lowest BCUT2D eigenvalue weighted by atomic mass is 10.1. The first-order valence-corrected chi connectivity index (χ1v) is 12.8. The number of oxime groups is 1. The molecule has 0 saturated carbocycles. The van der Waals surface area contributed by atoms with Gasteiger partial charge in [0, 0.05) is 56.4 Å². The molecular weight excluding hydrogens is 503 g/mol. The number of rotatable bonds is 9. The van der Waals surface area contributed by atoms with Gasteiger partial charge < -0.3 is 23.8 Å². The van der Waals surface area contributed by atoms with Gasteiger partial charge in [0.2, 0.25) is 5.43 Å². The predicted octanol–water partition coefficient (Wildman–Crippen LogP) is 4.19. The Balaban J connectivity index is 1.30. The van der Waals surface area contributed by atoms with Crippen LogP contribution in [0.4, 0.5) is 10.1 Å². The Kier molecular flexibility index (Phi) is 7.74. The van der Waals surface area contributed by atoms with Crippen LogP contribution in [0.1, 0.15) is 28.4 Å². The summed E-state index contributed by atoms with van der Waals surface area (Å²) in [6.45, 7) is 5.63. The molecule has 3 heterocycles. The minimum atomic E-state index is -1.33. The molecule has 4 aromatic rings. The van der Waals surface area contributed by atoms with Crippen molar-refractivity contribution in [3.05, 3.63) is 100.0 Å². The third-order valence-corrected chi connectivity index (χ3v) is 6.91. The number of pyridine rings is 1. The molecule has 10 heteroatoms. The van der Waals surface area contributed by atoms with E-state index < -0.39 is 17.2 Å². The van der Waals surface area contributed by atoms with Crippen molar-refractivity contribution in [3.63, 3.8) is 0 Å². The van der Waals surface area contributed by atoms with Crippen molar-refractivity contribution >= 4 is 28.3 Å². The van der Waals surface area contributed by atoms with E-state index in [2.05, 4.69) is 10.1 Å². The van der Waals surface area contributed by atoms with Crippen molar-refractivity contribution in [2.24, 2.45) is 5.16 Å². The third kappa shape index (κ3) is 5.70. The Morgan fingerprint density at radius 1 is 1.13 bits per heavy atom. The maximum Gasteiger partial charge on any atom is 0.341 e. The Morgan fingerprint density at radius 2 is 1.90 bits per heavy atom. The molecule has 1 aliphatic rings. The zero-order valence-electron chi connectivity index (χ0n) is 21.5. The number of carbonyl (C=O) groups is 1. The molecular formula is C29H29FN4O5. The van der Waals surface area contributed by atoms with Crippen LogP contribution in [0.25, 0.3) is 10.9 Å². The first kappa shape index (κ1) is 26.2. The second kappa shape index (κ2) is 11.5. The number of carboxylic acid groups (broad SMARTS) is 1. The van der Waals surface area contributed by atoms with Gasteiger partial charge >= 0.3 is 5.97 Å². The van der Waals surface area contributed by atoms with Crippen molar-refractivity contribution in [1.82, 2.24) is 9.47 Å². The monoisotopic (exact) mass is 532 g/mol. The summed E-state index contributed by atoms with van der Waals surface area (Å²) >= 11 is 0. The Hall–Kier alpha value is -4.44. The van der Waals surface area contributed by atoms with E-state index in [4.69, 9.17) is 9.25 Å². The molecule has 5 rings (SSSR count).